The molecule has 1 N–H and O–H groups in total. The van der Waals surface area contributed by atoms with Crippen molar-refractivity contribution in [3.05, 3.63) is 35.9 Å². The van der Waals surface area contributed by atoms with Crippen LogP contribution in [0.2, 0.25) is 0 Å². The van der Waals surface area contributed by atoms with Crippen LogP contribution in [0.15, 0.2) is 35.9 Å². The number of methoxy groups -OCH3 is 1. The summed E-state index contributed by atoms with van der Waals surface area (Å²) in [5.41, 5.74) is 1.67. The zero-order chi connectivity index (χ0) is 14.8. The van der Waals surface area contributed by atoms with E-state index in [1.165, 1.54) is 7.11 Å². The van der Waals surface area contributed by atoms with E-state index in [2.05, 4.69) is 12.2 Å². The van der Waals surface area contributed by atoms with Gasteiger partial charge < -0.3 is 14.8 Å². The topological polar surface area (TPSA) is 47.6 Å². The molecule has 0 atom stereocenters. The minimum absolute atomic E-state index is 0.266. The summed E-state index contributed by atoms with van der Waals surface area (Å²) in [6.07, 6.45) is 3.52. The highest BCUT2D eigenvalue weighted by atomic mass is 16.5. The highest BCUT2D eigenvalue weighted by molar-refractivity contribution is 5.88. The number of anilines is 1. The largest absolute Gasteiger partial charge is 0.494 e. The fraction of sp³-hybridized carbons (Fsp3) is 0.438. The number of rotatable bonds is 8. The molecule has 1 rings (SSSR count). The fourth-order valence-electron chi connectivity index (χ4n) is 1.68. The monoisotopic (exact) mass is 277 g/mol. The van der Waals surface area contributed by atoms with Gasteiger partial charge in [-0.3, -0.25) is 0 Å². The molecule has 0 fully saturated rings. The predicted molar refractivity (Wildman–Crippen MR) is 81.1 cm³/mol. The molecule has 110 valence electrons. The lowest BCUT2D eigenvalue weighted by Crippen LogP contribution is -2.07. The number of hydrogen-bond acceptors (Lipinski definition) is 4. The maximum absolute atomic E-state index is 11.4. The molecule has 0 aromatic heterocycles. The molecule has 0 unspecified atom stereocenters. The highest BCUT2D eigenvalue weighted by Crippen LogP contribution is 2.15. The first-order valence-corrected chi connectivity index (χ1v) is 6.95. The Kier molecular flexibility index (Phi) is 7.25. The van der Waals surface area contributed by atoms with E-state index >= 15 is 0 Å². The Hall–Kier alpha value is -1.97. The van der Waals surface area contributed by atoms with E-state index in [9.17, 15) is 4.79 Å². The van der Waals surface area contributed by atoms with Crippen molar-refractivity contribution in [1.29, 1.82) is 0 Å². The Balaban J connectivity index is 2.49. The number of carbonyl (C=O) groups is 1. The van der Waals surface area contributed by atoms with Crippen molar-refractivity contribution in [3.63, 3.8) is 0 Å². The second kappa shape index (κ2) is 9.02. The van der Waals surface area contributed by atoms with E-state index in [0.717, 1.165) is 24.5 Å². The van der Waals surface area contributed by atoms with Crippen LogP contribution < -0.4 is 10.1 Å². The van der Waals surface area contributed by atoms with Crippen molar-refractivity contribution in [2.75, 3.05) is 25.6 Å². The van der Waals surface area contributed by atoms with Gasteiger partial charge in [0.25, 0.3) is 0 Å². The van der Waals surface area contributed by atoms with Gasteiger partial charge in [-0.2, -0.15) is 0 Å². The first-order chi connectivity index (χ1) is 9.71. The number of esters is 1. The predicted octanol–water partition coefficient (Wildman–Crippen LogP) is 3.40. The molecule has 0 heterocycles. The van der Waals surface area contributed by atoms with Gasteiger partial charge in [0.2, 0.25) is 0 Å². The van der Waals surface area contributed by atoms with E-state index in [4.69, 9.17) is 9.47 Å². The minimum atomic E-state index is -0.266. The fourth-order valence-corrected chi connectivity index (χ4v) is 1.68. The normalized spacial score (nSPS) is 11.1. The maximum atomic E-state index is 11.4. The molecular formula is C16H23NO3. The summed E-state index contributed by atoms with van der Waals surface area (Å²) in [4.78, 5) is 11.4. The van der Waals surface area contributed by atoms with Crippen LogP contribution in [0.3, 0.4) is 0 Å². The molecule has 1 aromatic rings. The highest BCUT2D eigenvalue weighted by Gasteiger charge is 2.05. The van der Waals surface area contributed by atoms with Crippen LogP contribution in [0, 0.1) is 0 Å². The van der Waals surface area contributed by atoms with Crippen molar-refractivity contribution in [2.45, 2.75) is 26.7 Å². The van der Waals surface area contributed by atoms with E-state index < -0.39 is 0 Å². The van der Waals surface area contributed by atoms with Gasteiger partial charge in [-0.05, 0) is 37.1 Å². The summed E-state index contributed by atoms with van der Waals surface area (Å²) in [5.74, 6) is 0.606. The standard InChI is InChI=1S/C16H23NO3/c1-4-12-20-15-8-6-14(7-9-15)17-11-10-13(5-2)16(18)19-3/h6-10,17H,4-5,11-12H2,1-3H3/b13-10-. The van der Waals surface area contributed by atoms with Gasteiger partial charge in [0, 0.05) is 17.8 Å². The van der Waals surface area contributed by atoms with E-state index in [1.807, 2.05) is 37.3 Å². The van der Waals surface area contributed by atoms with Crippen LogP contribution in [0.25, 0.3) is 0 Å². The Morgan fingerprint density at radius 2 is 1.95 bits per heavy atom. The van der Waals surface area contributed by atoms with Crippen molar-refractivity contribution < 1.29 is 14.3 Å². The average Bonchev–Trinajstić information content (AvgIpc) is 2.50. The van der Waals surface area contributed by atoms with Crippen molar-refractivity contribution in [3.8, 4) is 5.75 Å². The van der Waals surface area contributed by atoms with Gasteiger partial charge >= 0.3 is 5.97 Å². The van der Waals surface area contributed by atoms with Crippen LogP contribution in [-0.4, -0.2) is 26.2 Å². The molecule has 0 aliphatic heterocycles. The number of hydrogen-bond donors (Lipinski definition) is 1. The summed E-state index contributed by atoms with van der Waals surface area (Å²) < 4.78 is 10.2. The molecule has 0 bridgehead atoms. The molecule has 0 amide bonds. The van der Waals surface area contributed by atoms with Crippen LogP contribution >= 0.6 is 0 Å². The smallest absolute Gasteiger partial charge is 0.333 e. The van der Waals surface area contributed by atoms with E-state index in [-0.39, 0.29) is 5.97 Å². The van der Waals surface area contributed by atoms with Gasteiger partial charge in [-0.25, -0.2) is 4.79 Å². The quantitative estimate of drug-likeness (QED) is 0.584. The SMILES string of the molecule is CCCOc1ccc(NC/C=C(/CC)C(=O)OC)cc1. The Morgan fingerprint density at radius 3 is 2.50 bits per heavy atom. The lowest BCUT2D eigenvalue weighted by Gasteiger charge is -2.08. The maximum Gasteiger partial charge on any atom is 0.333 e. The Morgan fingerprint density at radius 1 is 1.25 bits per heavy atom. The van der Waals surface area contributed by atoms with Crippen molar-refractivity contribution in [2.24, 2.45) is 0 Å². The molecule has 20 heavy (non-hydrogen) atoms. The summed E-state index contributed by atoms with van der Waals surface area (Å²) >= 11 is 0. The summed E-state index contributed by atoms with van der Waals surface area (Å²) in [6.45, 7) is 5.33. The van der Waals surface area contributed by atoms with Crippen LogP contribution in [0.1, 0.15) is 26.7 Å². The summed E-state index contributed by atoms with van der Waals surface area (Å²) in [5, 5.41) is 3.23. The van der Waals surface area contributed by atoms with E-state index in [1.54, 1.807) is 0 Å². The van der Waals surface area contributed by atoms with Gasteiger partial charge in [-0.15, -0.1) is 0 Å². The number of benzene rings is 1. The van der Waals surface area contributed by atoms with Gasteiger partial charge in [0.05, 0.1) is 13.7 Å². The molecule has 0 spiro atoms. The van der Waals surface area contributed by atoms with E-state index in [0.29, 0.717) is 18.5 Å². The van der Waals surface area contributed by atoms with Gasteiger partial charge in [0.15, 0.2) is 0 Å². The first kappa shape index (κ1) is 16.1. The van der Waals surface area contributed by atoms with Gasteiger partial charge in [-0.1, -0.05) is 19.9 Å². The third kappa shape index (κ3) is 5.34. The first-order valence-electron chi connectivity index (χ1n) is 6.95. The average molecular weight is 277 g/mol. The number of nitrogens with one attached hydrogen (secondary N) is 1. The second-order valence-electron chi connectivity index (χ2n) is 4.33. The molecule has 0 saturated carbocycles. The molecule has 0 aliphatic carbocycles. The van der Waals surface area contributed by atoms with Crippen LogP contribution in [0.4, 0.5) is 5.69 Å². The van der Waals surface area contributed by atoms with Gasteiger partial charge in [0.1, 0.15) is 5.75 Å². The van der Waals surface area contributed by atoms with Crippen LogP contribution in [-0.2, 0) is 9.53 Å². The Bertz CT molecular complexity index is 438. The molecule has 0 saturated heterocycles. The molecule has 4 heteroatoms. The number of carbonyl (C=O) groups excluding carboxylic acids is 1. The van der Waals surface area contributed by atoms with Crippen molar-refractivity contribution >= 4 is 11.7 Å². The second-order valence-corrected chi connectivity index (χ2v) is 4.33. The number of ether oxygens (including phenoxy) is 2. The minimum Gasteiger partial charge on any atom is -0.494 e. The van der Waals surface area contributed by atoms with Crippen LogP contribution in [0.5, 0.6) is 5.75 Å². The third-order valence-electron chi connectivity index (χ3n) is 2.81. The summed E-state index contributed by atoms with van der Waals surface area (Å²) in [6, 6.07) is 7.79. The lowest BCUT2D eigenvalue weighted by atomic mass is 10.2. The summed E-state index contributed by atoms with van der Waals surface area (Å²) in [7, 11) is 1.40. The molecule has 0 radical (unpaired) electrons. The zero-order valence-corrected chi connectivity index (χ0v) is 12.4. The molecular weight excluding hydrogens is 254 g/mol. The molecule has 1 aromatic carbocycles. The lowest BCUT2D eigenvalue weighted by molar-refractivity contribution is -0.136. The van der Waals surface area contributed by atoms with Crippen molar-refractivity contribution in [1.82, 2.24) is 0 Å². The molecule has 0 aliphatic rings. The molecule has 4 nitrogen and oxygen atoms in total. The third-order valence-corrected chi connectivity index (χ3v) is 2.81. The Labute approximate surface area is 120 Å². The zero-order valence-electron chi connectivity index (χ0n) is 12.4.